The number of carbonyl (C=O) groups excluding carboxylic acids is 2. The molecule has 106 valence electrons. The van der Waals surface area contributed by atoms with Crippen molar-refractivity contribution in [1.29, 1.82) is 0 Å². The number of methoxy groups -OCH3 is 1. The largest absolute Gasteiger partial charge is 0.467 e. The summed E-state index contributed by atoms with van der Waals surface area (Å²) in [6.45, 7) is 8.05. The van der Waals surface area contributed by atoms with Crippen LogP contribution in [0.25, 0.3) is 0 Å². The monoisotopic (exact) mass is 260 g/mol. The fraction of sp³-hybridized carbons (Fsp3) is 0.833. The van der Waals surface area contributed by atoms with E-state index in [2.05, 4.69) is 10.1 Å². The van der Waals surface area contributed by atoms with E-state index >= 15 is 0 Å². The number of amides is 1. The fourth-order valence-corrected chi connectivity index (χ4v) is 1.68. The third-order valence-electron chi connectivity index (χ3n) is 2.36. The number of ether oxygens (including phenoxy) is 1. The van der Waals surface area contributed by atoms with E-state index in [0.29, 0.717) is 19.6 Å². The van der Waals surface area contributed by atoms with Gasteiger partial charge in [0, 0.05) is 20.0 Å². The molecular formula is C12H24N2O4. The van der Waals surface area contributed by atoms with Gasteiger partial charge in [-0.3, -0.25) is 9.69 Å². The zero-order chi connectivity index (χ0) is 14.3. The third-order valence-corrected chi connectivity index (χ3v) is 2.36. The van der Waals surface area contributed by atoms with Crippen molar-refractivity contribution in [2.24, 2.45) is 0 Å². The maximum Gasteiger partial charge on any atom is 0.329 e. The number of nitrogens with zero attached hydrogens (tertiary/aromatic N) is 1. The highest BCUT2D eigenvalue weighted by molar-refractivity contribution is 5.83. The van der Waals surface area contributed by atoms with E-state index in [9.17, 15) is 14.7 Å². The normalized spacial score (nSPS) is 13.3. The molecule has 0 radical (unpaired) electrons. The highest BCUT2D eigenvalue weighted by Gasteiger charge is 2.25. The molecule has 0 heterocycles. The summed E-state index contributed by atoms with van der Waals surface area (Å²) < 4.78 is 4.65. The van der Waals surface area contributed by atoms with Gasteiger partial charge in [0.1, 0.15) is 6.04 Å². The molecule has 1 atom stereocenters. The molecule has 0 saturated carbocycles. The van der Waals surface area contributed by atoms with Gasteiger partial charge in [0.05, 0.1) is 12.7 Å². The van der Waals surface area contributed by atoms with Gasteiger partial charge in [-0.2, -0.15) is 0 Å². The van der Waals surface area contributed by atoms with Crippen molar-refractivity contribution in [2.75, 3.05) is 26.7 Å². The summed E-state index contributed by atoms with van der Waals surface area (Å²) in [7, 11) is 1.28. The maximum atomic E-state index is 11.5. The van der Waals surface area contributed by atoms with E-state index in [0.717, 1.165) is 0 Å². The molecule has 0 aliphatic rings. The SMILES string of the molecule is CCN(CC(NC(C)=O)C(=O)OC)CC(C)(C)O. The molecule has 6 heteroatoms. The van der Waals surface area contributed by atoms with E-state index in [-0.39, 0.29) is 5.91 Å². The van der Waals surface area contributed by atoms with Crippen molar-refractivity contribution < 1.29 is 19.4 Å². The summed E-state index contributed by atoms with van der Waals surface area (Å²) in [4.78, 5) is 24.5. The molecule has 0 spiro atoms. The number of nitrogens with one attached hydrogen (secondary N) is 1. The quantitative estimate of drug-likeness (QED) is 0.618. The van der Waals surface area contributed by atoms with Crippen LogP contribution in [-0.4, -0.2) is 60.3 Å². The Kier molecular flexibility index (Phi) is 6.86. The summed E-state index contributed by atoms with van der Waals surface area (Å²) >= 11 is 0. The molecule has 6 nitrogen and oxygen atoms in total. The van der Waals surface area contributed by atoms with Gasteiger partial charge >= 0.3 is 5.97 Å². The average Bonchev–Trinajstić information content (AvgIpc) is 2.23. The van der Waals surface area contributed by atoms with Gasteiger partial charge in [-0.15, -0.1) is 0 Å². The number of hydrogen-bond acceptors (Lipinski definition) is 5. The van der Waals surface area contributed by atoms with Crippen molar-refractivity contribution in [3.8, 4) is 0 Å². The fourth-order valence-electron chi connectivity index (χ4n) is 1.68. The van der Waals surface area contributed by atoms with Crippen LogP contribution in [0.4, 0.5) is 0 Å². The van der Waals surface area contributed by atoms with Crippen LogP contribution in [0.1, 0.15) is 27.7 Å². The minimum absolute atomic E-state index is 0.287. The van der Waals surface area contributed by atoms with Crippen LogP contribution in [0.15, 0.2) is 0 Å². The van der Waals surface area contributed by atoms with Crippen molar-refractivity contribution in [3.63, 3.8) is 0 Å². The van der Waals surface area contributed by atoms with Crippen molar-refractivity contribution in [2.45, 2.75) is 39.3 Å². The van der Waals surface area contributed by atoms with E-state index in [1.807, 2.05) is 11.8 Å². The highest BCUT2D eigenvalue weighted by Crippen LogP contribution is 2.06. The molecule has 0 aromatic rings. The van der Waals surface area contributed by atoms with E-state index < -0.39 is 17.6 Å². The number of rotatable bonds is 7. The van der Waals surface area contributed by atoms with Crippen molar-refractivity contribution >= 4 is 11.9 Å². The maximum absolute atomic E-state index is 11.5. The molecule has 18 heavy (non-hydrogen) atoms. The number of carbonyl (C=O) groups is 2. The van der Waals surface area contributed by atoms with Crippen LogP contribution in [0.3, 0.4) is 0 Å². The van der Waals surface area contributed by atoms with Crippen LogP contribution in [0.2, 0.25) is 0 Å². The van der Waals surface area contributed by atoms with Gasteiger partial charge in [0.15, 0.2) is 0 Å². The van der Waals surface area contributed by atoms with E-state index in [4.69, 9.17) is 0 Å². The van der Waals surface area contributed by atoms with Crippen LogP contribution < -0.4 is 5.32 Å². The first-order valence-electron chi connectivity index (χ1n) is 5.99. The second kappa shape index (κ2) is 7.33. The number of aliphatic hydroxyl groups is 1. The van der Waals surface area contributed by atoms with Crippen LogP contribution in [0, 0.1) is 0 Å². The summed E-state index contributed by atoms with van der Waals surface area (Å²) in [6.07, 6.45) is 0. The Bertz CT molecular complexity index is 286. The smallest absolute Gasteiger partial charge is 0.329 e. The molecule has 0 bridgehead atoms. The molecule has 1 unspecified atom stereocenters. The Morgan fingerprint density at radius 2 is 2.00 bits per heavy atom. The lowest BCUT2D eigenvalue weighted by Crippen LogP contribution is -2.51. The second-order valence-electron chi connectivity index (χ2n) is 4.92. The van der Waals surface area contributed by atoms with Crippen molar-refractivity contribution in [3.05, 3.63) is 0 Å². The van der Waals surface area contributed by atoms with E-state index in [1.54, 1.807) is 13.8 Å². The zero-order valence-electron chi connectivity index (χ0n) is 11.8. The molecule has 0 fully saturated rings. The van der Waals surface area contributed by atoms with Gasteiger partial charge in [0.2, 0.25) is 5.91 Å². The van der Waals surface area contributed by atoms with Gasteiger partial charge in [-0.05, 0) is 20.4 Å². The van der Waals surface area contributed by atoms with Crippen LogP contribution in [-0.2, 0) is 14.3 Å². The molecule has 0 saturated heterocycles. The Labute approximate surface area is 108 Å². The molecule has 1 amide bonds. The molecule has 0 aromatic carbocycles. The highest BCUT2D eigenvalue weighted by atomic mass is 16.5. The first kappa shape index (κ1) is 16.9. The Balaban J connectivity index is 4.61. The summed E-state index contributed by atoms with van der Waals surface area (Å²) in [6, 6.07) is -0.713. The van der Waals surface area contributed by atoms with Gasteiger partial charge < -0.3 is 15.2 Å². The first-order chi connectivity index (χ1) is 8.19. The second-order valence-corrected chi connectivity index (χ2v) is 4.92. The number of hydrogen-bond donors (Lipinski definition) is 2. The summed E-state index contributed by atoms with van der Waals surface area (Å²) in [5.41, 5.74) is -0.854. The minimum atomic E-state index is -0.854. The molecule has 0 aromatic heterocycles. The Morgan fingerprint density at radius 1 is 1.44 bits per heavy atom. The zero-order valence-corrected chi connectivity index (χ0v) is 11.8. The minimum Gasteiger partial charge on any atom is -0.467 e. The number of esters is 1. The van der Waals surface area contributed by atoms with Gasteiger partial charge in [-0.1, -0.05) is 6.92 Å². The molecule has 0 rings (SSSR count). The van der Waals surface area contributed by atoms with Crippen molar-refractivity contribution in [1.82, 2.24) is 10.2 Å². The number of likely N-dealkylation sites (N-methyl/N-ethyl adjacent to an activating group) is 1. The lowest BCUT2D eigenvalue weighted by molar-refractivity contribution is -0.145. The Hall–Kier alpha value is -1.14. The van der Waals surface area contributed by atoms with Crippen LogP contribution in [0.5, 0.6) is 0 Å². The summed E-state index contributed by atoms with van der Waals surface area (Å²) in [5.74, 6) is -0.774. The Morgan fingerprint density at radius 3 is 2.33 bits per heavy atom. The molecular weight excluding hydrogens is 236 g/mol. The third kappa shape index (κ3) is 7.24. The van der Waals surface area contributed by atoms with E-state index in [1.165, 1.54) is 14.0 Å². The topological polar surface area (TPSA) is 78.9 Å². The van der Waals surface area contributed by atoms with Gasteiger partial charge in [-0.25, -0.2) is 4.79 Å². The average molecular weight is 260 g/mol. The van der Waals surface area contributed by atoms with Crippen LogP contribution >= 0.6 is 0 Å². The summed E-state index contributed by atoms with van der Waals surface area (Å²) in [5, 5.41) is 12.3. The predicted molar refractivity (Wildman–Crippen MR) is 68.0 cm³/mol. The predicted octanol–water partition coefficient (Wildman–Crippen LogP) is -0.243. The molecule has 2 N–H and O–H groups in total. The lowest BCUT2D eigenvalue weighted by atomic mass is 10.1. The molecule has 0 aliphatic heterocycles. The molecule has 0 aliphatic carbocycles. The lowest BCUT2D eigenvalue weighted by Gasteiger charge is -2.30. The standard InChI is InChI=1S/C12H24N2O4/c1-6-14(8-12(3,4)17)7-10(11(16)18-5)13-9(2)15/h10,17H,6-8H2,1-5H3,(H,13,15). The van der Waals surface area contributed by atoms with Gasteiger partial charge in [0.25, 0.3) is 0 Å². The first-order valence-corrected chi connectivity index (χ1v) is 5.99.